The highest BCUT2D eigenvalue weighted by atomic mass is 16.1. The van der Waals surface area contributed by atoms with Gasteiger partial charge in [-0.2, -0.15) is 0 Å². The Bertz CT molecular complexity index is 401. The van der Waals surface area contributed by atoms with Crippen LogP contribution in [0.25, 0.3) is 0 Å². The first-order chi connectivity index (χ1) is 8.29. The second-order valence-corrected chi connectivity index (χ2v) is 4.63. The number of rotatable bonds is 5. The second-order valence-electron chi connectivity index (χ2n) is 4.63. The summed E-state index contributed by atoms with van der Waals surface area (Å²) in [6.45, 7) is 1.21. The SMILES string of the molecule is NCCCC(=O)NCc1ccc2c(c1)CCC2. The van der Waals surface area contributed by atoms with Crippen LogP contribution >= 0.6 is 0 Å². The Morgan fingerprint density at radius 1 is 1.29 bits per heavy atom. The molecule has 2 rings (SSSR count). The van der Waals surface area contributed by atoms with E-state index in [0.717, 1.165) is 6.42 Å². The second kappa shape index (κ2) is 5.82. The molecule has 3 heteroatoms. The first kappa shape index (κ1) is 12.1. The van der Waals surface area contributed by atoms with Gasteiger partial charge in [-0.15, -0.1) is 0 Å². The number of aryl methyl sites for hydroxylation is 2. The van der Waals surface area contributed by atoms with E-state index in [4.69, 9.17) is 5.73 Å². The molecule has 17 heavy (non-hydrogen) atoms. The van der Waals surface area contributed by atoms with E-state index in [0.29, 0.717) is 19.5 Å². The van der Waals surface area contributed by atoms with Crippen LogP contribution in [0.4, 0.5) is 0 Å². The Labute approximate surface area is 102 Å². The maximum Gasteiger partial charge on any atom is 0.220 e. The summed E-state index contributed by atoms with van der Waals surface area (Å²) in [5.74, 6) is 0.0935. The summed E-state index contributed by atoms with van der Waals surface area (Å²) in [6, 6.07) is 6.54. The van der Waals surface area contributed by atoms with Crippen LogP contribution < -0.4 is 11.1 Å². The van der Waals surface area contributed by atoms with Gasteiger partial charge in [-0.05, 0) is 48.9 Å². The van der Waals surface area contributed by atoms with Crippen LogP contribution in [0.15, 0.2) is 18.2 Å². The van der Waals surface area contributed by atoms with Crippen LogP contribution in [0.2, 0.25) is 0 Å². The molecule has 3 nitrogen and oxygen atoms in total. The molecule has 92 valence electrons. The van der Waals surface area contributed by atoms with Gasteiger partial charge in [0.1, 0.15) is 0 Å². The van der Waals surface area contributed by atoms with Crippen LogP contribution in [-0.4, -0.2) is 12.5 Å². The van der Waals surface area contributed by atoms with E-state index in [2.05, 4.69) is 23.5 Å². The monoisotopic (exact) mass is 232 g/mol. The molecule has 3 N–H and O–H groups in total. The van der Waals surface area contributed by atoms with Crippen molar-refractivity contribution in [2.24, 2.45) is 5.73 Å². The van der Waals surface area contributed by atoms with Crippen molar-refractivity contribution in [3.05, 3.63) is 34.9 Å². The van der Waals surface area contributed by atoms with Crippen LogP contribution in [0.1, 0.15) is 36.0 Å². The molecule has 0 bridgehead atoms. The van der Waals surface area contributed by atoms with Gasteiger partial charge < -0.3 is 11.1 Å². The fourth-order valence-electron chi connectivity index (χ4n) is 2.29. The van der Waals surface area contributed by atoms with Gasteiger partial charge in [0.25, 0.3) is 0 Å². The van der Waals surface area contributed by atoms with Crippen LogP contribution in [0, 0.1) is 0 Å². The van der Waals surface area contributed by atoms with E-state index >= 15 is 0 Å². The summed E-state index contributed by atoms with van der Waals surface area (Å²) >= 11 is 0. The molecular weight excluding hydrogens is 212 g/mol. The highest BCUT2D eigenvalue weighted by Crippen LogP contribution is 2.22. The molecule has 0 aliphatic heterocycles. The molecule has 0 unspecified atom stereocenters. The number of hydrogen-bond donors (Lipinski definition) is 2. The average Bonchev–Trinajstić information content (AvgIpc) is 2.81. The smallest absolute Gasteiger partial charge is 0.220 e. The van der Waals surface area contributed by atoms with Crippen molar-refractivity contribution in [3.8, 4) is 0 Å². The summed E-state index contributed by atoms with van der Waals surface area (Å²) in [7, 11) is 0. The molecule has 1 aliphatic carbocycles. The summed E-state index contributed by atoms with van der Waals surface area (Å²) in [4.78, 5) is 11.4. The standard InChI is InChI=1S/C14H20N2O/c15-8-2-5-14(17)16-10-11-6-7-12-3-1-4-13(12)9-11/h6-7,9H,1-5,8,10,15H2,(H,16,17). The zero-order valence-corrected chi connectivity index (χ0v) is 10.2. The Balaban J connectivity index is 1.85. The van der Waals surface area contributed by atoms with E-state index in [9.17, 15) is 4.79 Å². The predicted octanol–water partition coefficient (Wildman–Crippen LogP) is 1.53. The molecule has 1 aromatic carbocycles. The highest BCUT2D eigenvalue weighted by molar-refractivity contribution is 5.75. The molecule has 0 radical (unpaired) electrons. The first-order valence-corrected chi connectivity index (χ1v) is 6.37. The first-order valence-electron chi connectivity index (χ1n) is 6.37. The lowest BCUT2D eigenvalue weighted by Crippen LogP contribution is -2.23. The van der Waals surface area contributed by atoms with Crippen molar-refractivity contribution in [1.29, 1.82) is 0 Å². The molecule has 1 amide bonds. The topological polar surface area (TPSA) is 55.1 Å². The van der Waals surface area contributed by atoms with Crippen molar-refractivity contribution >= 4 is 5.91 Å². The number of amides is 1. The van der Waals surface area contributed by atoms with E-state index in [1.165, 1.54) is 36.0 Å². The molecular formula is C14H20N2O. The minimum absolute atomic E-state index is 0.0935. The maximum absolute atomic E-state index is 11.4. The number of nitrogens with two attached hydrogens (primary N) is 1. The Kier molecular flexibility index (Phi) is 4.15. The number of nitrogens with one attached hydrogen (secondary N) is 1. The molecule has 0 fully saturated rings. The zero-order chi connectivity index (χ0) is 12.1. The van der Waals surface area contributed by atoms with Gasteiger partial charge in [-0.25, -0.2) is 0 Å². The summed E-state index contributed by atoms with van der Waals surface area (Å²) in [6.07, 6.45) is 4.95. The van der Waals surface area contributed by atoms with Crippen LogP contribution in [0.3, 0.4) is 0 Å². The van der Waals surface area contributed by atoms with Gasteiger partial charge in [-0.3, -0.25) is 4.79 Å². The lowest BCUT2D eigenvalue weighted by molar-refractivity contribution is -0.121. The zero-order valence-electron chi connectivity index (χ0n) is 10.2. The van der Waals surface area contributed by atoms with Crippen LogP contribution in [0.5, 0.6) is 0 Å². The fourth-order valence-corrected chi connectivity index (χ4v) is 2.29. The minimum atomic E-state index is 0.0935. The van der Waals surface area contributed by atoms with Gasteiger partial charge in [-0.1, -0.05) is 18.2 Å². The van der Waals surface area contributed by atoms with E-state index in [1.807, 2.05) is 0 Å². The fraction of sp³-hybridized carbons (Fsp3) is 0.500. The van der Waals surface area contributed by atoms with Gasteiger partial charge >= 0.3 is 0 Å². The normalized spacial score (nSPS) is 13.5. The molecule has 0 atom stereocenters. The highest BCUT2D eigenvalue weighted by Gasteiger charge is 2.10. The molecule has 0 saturated heterocycles. The molecule has 0 heterocycles. The number of hydrogen-bond acceptors (Lipinski definition) is 2. The summed E-state index contributed by atoms with van der Waals surface area (Å²) in [5.41, 5.74) is 9.50. The third-order valence-electron chi connectivity index (χ3n) is 3.26. The predicted molar refractivity (Wildman–Crippen MR) is 68.6 cm³/mol. The lowest BCUT2D eigenvalue weighted by atomic mass is 10.1. The van der Waals surface area contributed by atoms with E-state index in [1.54, 1.807) is 0 Å². The van der Waals surface area contributed by atoms with Crippen molar-refractivity contribution in [1.82, 2.24) is 5.32 Å². The van der Waals surface area contributed by atoms with E-state index < -0.39 is 0 Å². The third kappa shape index (κ3) is 3.30. The van der Waals surface area contributed by atoms with Gasteiger partial charge in [0.15, 0.2) is 0 Å². The van der Waals surface area contributed by atoms with Crippen molar-refractivity contribution in [2.75, 3.05) is 6.54 Å². The molecule has 0 saturated carbocycles. The van der Waals surface area contributed by atoms with Gasteiger partial charge in [0, 0.05) is 13.0 Å². The van der Waals surface area contributed by atoms with Crippen LogP contribution in [-0.2, 0) is 24.2 Å². The molecule has 1 aliphatic rings. The third-order valence-corrected chi connectivity index (χ3v) is 3.26. The molecule has 0 spiro atoms. The quantitative estimate of drug-likeness (QED) is 0.809. The number of carbonyl (C=O) groups is 1. The Hall–Kier alpha value is -1.35. The number of benzene rings is 1. The van der Waals surface area contributed by atoms with Crippen molar-refractivity contribution in [3.63, 3.8) is 0 Å². The van der Waals surface area contributed by atoms with Crippen molar-refractivity contribution < 1.29 is 4.79 Å². The molecule has 0 aromatic heterocycles. The Morgan fingerprint density at radius 3 is 2.94 bits per heavy atom. The Morgan fingerprint density at radius 2 is 2.12 bits per heavy atom. The summed E-state index contributed by atoms with van der Waals surface area (Å²) < 4.78 is 0. The molecule has 1 aromatic rings. The largest absolute Gasteiger partial charge is 0.352 e. The number of fused-ring (bicyclic) bond motifs is 1. The maximum atomic E-state index is 11.4. The van der Waals surface area contributed by atoms with Crippen molar-refractivity contribution in [2.45, 2.75) is 38.6 Å². The summed E-state index contributed by atoms with van der Waals surface area (Å²) in [5, 5.41) is 2.93. The number of carbonyl (C=O) groups excluding carboxylic acids is 1. The minimum Gasteiger partial charge on any atom is -0.352 e. The lowest BCUT2D eigenvalue weighted by Gasteiger charge is -2.07. The van der Waals surface area contributed by atoms with E-state index in [-0.39, 0.29) is 5.91 Å². The average molecular weight is 232 g/mol. The van der Waals surface area contributed by atoms with Gasteiger partial charge in [0.2, 0.25) is 5.91 Å². The van der Waals surface area contributed by atoms with Gasteiger partial charge in [0.05, 0.1) is 0 Å².